The number of hydrogen-bond acceptors (Lipinski definition) is 3. The molecule has 1 spiro atoms. The van der Waals surface area contributed by atoms with Crippen molar-refractivity contribution in [3.63, 3.8) is 0 Å². The molecule has 4 nitrogen and oxygen atoms in total. The maximum absolute atomic E-state index is 4.54. The van der Waals surface area contributed by atoms with Gasteiger partial charge < -0.3 is 9.88 Å². The van der Waals surface area contributed by atoms with Crippen LogP contribution in [0.4, 0.5) is 5.82 Å². The van der Waals surface area contributed by atoms with Crippen LogP contribution in [-0.4, -0.2) is 28.0 Å². The molecule has 0 aromatic carbocycles. The Kier molecular flexibility index (Phi) is 2.22. The van der Waals surface area contributed by atoms with Gasteiger partial charge in [-0.15, -0.1) is 0 Å². The predicted molar refractivity (Wildman–Crippen MR) is 76.3 cm³/mol. The molecule has 1 aliphatic carbocycles. The van der Waals surface area contributed by atoms with E-state index in [1.54, 1.807) is 6.33 Å². The van der Waals surface area contributed by atoms with E-state index in [0.29, 0.717) is 5.41 Å². The third kappa shape index (κ3) is 1.52. The summed E-state index contributed by atoms with van der Waals surface area (Å²) in [4.78, 5) is 14.5. The first-order valence-corrected chi connectivity index (χ1v) is 7.02. The average Bonchev–Trinajstić information content (AvgIpc) is 3.03. The second kappa shape index (κ2) is 3.83. The molecule has 4 heteroatoms. The number of H-pyrrole nitrogens is 1. The van der Waals surface area contributed by atoms with Gasteiger partial charge in [-0.25, -0.2) is 9.97 Å². The van der Waals surface area contributed by atoms with Gasteiger partial charge in [0, 0.05) is 24.7 Å². The van der Waals surface area contributed by atoms with Gasteiger partial charge in [0.25, 0.3) is 0 Å². The largest absolute Gasteiger partial charge is 0.355 e. The standard InChI is InChI=1S/C15H18N4/c1-2-11-7-16-13-12(11)14(18-10-17-13)19-8-15(9-19)5-3-4-6-15/h3-4,7,10H,2,5-6,8-9H2,1H3,(H,16,17,18). The number of nitrogens with one attached hydrogen (secondary N) is 1. The second-order valence-electron chi connectivity index (χ2n) is 5.82. The van der Waals surface area contributed by atoms with Crippen LogP contribution in [0.25, 0.3) is 11.0 Å². The van der Waals surface area contributed by atoms with Crippen molar-refractivity contribution in [2.24, 2.45) is 5.41 Å². The highest BCUT2D eigenvalue weighted by atomic mass is 15.3. The SMILES string of the molecule is CCc1c[nH]c2ncnc(N3CC4(CC=CC4)C3)c12. The van der Waals surface area contributed by atoms with Crippen LogP contribution in [0.5, 0.6) is 0 Å². The van der Waals surface area contributed by atoms with E-state index >= 15 is 0 Å². The van der Waals surface area contributed by atoms with E-state index in [9.17, 15) is 0 Å². The Morgan fingerprint density at radius 2 is 2.05 bits per heavy atom. The van der Waals surface area contributed by atoms with Gasteiger partial charge in [0.2, 0.25) is 0 Å². The van der Waals surface area contributed by atoms with Crippen LogP contribution in [0, 0.1) is 5.41 Å². The molecule has 3 heterocycles. The highest BCUT2D eigenvalue weighted by Crippen LogP contribution is 2.44. The zero-order valence-electron chi connectivity index (χ0n) is 11.2. The number of nitrogens with zero attached hydrogens (tertiary/aromatic N) is 3. The average molecular weight is 254 g/mol. The van der Waals surface area contributed by atoms with Gasteiger partial charge >= 0.3 is 0 Å². The van der Waals surface area contributed by atoms with E-state index in [1.165, 1.54) is 23.8 Å². The van der Waals surface area contributed by atoms with Gasteiger partial charge in [0.15, 0.2) is 0 Å². The first kappa shape index (κ1) is 11.0. The fourth-order valence-electron chi connectivity index (χ4n) is 3.45. The Labute approximate surface area is 112 Å². The summed E-state index contributed by atoms with van der Waals surface area (Å²) in [7, 11) is 0. The summed E-state index contributed by atoms with van der Waals surface area (Å²) in [6, 6.07) is 0. The minimum Gasteiger partial charge on any atom is -0.355 e. The normalized spacial score (nSPS) is 20.4. The van der Waals surface area contributed by atoms with Crippen molar-refractivity contribution in [3.05, 3.63) is 30.2 Å². The van der Waals surface area contributed by atoms with Gasteiger partial charge in [0.05, 0.1) is 5.39 Å². The van der Waals surface area contributed by atoms with Crippen LogP contribution in [0.3, 0.4) is 0 Å². The lowest BCUT2D eigenvalue weighted by Gasteiger charge is -2.49. The molecule has 0 atom stereocenters. The number of aryl methyl sites for hydroxylation is 1. The van der Waals surface area contributed by atoms with E-state index < -0.39 is 0 Å². The molecule has 98 valence electrons. The molecular weight excluding hydrogens is 236 g/mol. The number of hydrogen-bond donors (Lipinski definition) is 1. The lowest BCUT2D eigenvalue weighted by molar-refractivity contribution is 0.231. The first-order chi connectivity index (χ1) is 9.31. The maximum Gasteiger partial charge on any atom is 0.143 e. The smallest absolute Gasteiger partial charge is 0.143 e. The third-order valence-electron chi connectivity index (χ3n) is 4.53. The first-order valence-electron chi connectivity index (χ1n) is 7.02. The molecule has 2 aliphatic rings. The molecule has 0 amide bonds. The van der Waals surface area contributed by atoms with Crippen LogP contribution >= 0.6 is 0 Å². The van der Waals surface area contributed by atoms with Crippen molar-refractivity contribution >= 4 is 16.9 Å². The summed E-state index contributed by atoms with van der Waals surface area (Å²) >= 11 is 0. The summed E-state index contributed by atoms with van der Waals surface area (Å²) in [5.41, 5.74) is 2.78. The molecule has 0 radical (unpaired) electrons. The topological polar surface area (TPSA) is 44.8 Å². The van der Waals surface area contributed by atoms with Gasteiger partial charge in [-0.1, -0.05) is 19.1 Å². The molecule has 19 heavy (non-hydrogen) atoms. The number of anilines is 1. The Morgan fingerprint density at radius 1 is 1.26 bits per heavy atom. The van der Waals surface area contributed by atoms with Crippen molar-refractivity contribution in [2.75, 3.05) is 18.0 Å². The molecule has 2 aromatic heterocycles. The molecule has 0 saturated carbocycles. The Balaban J connectivity index is 1.70. The molecular formula is C15H18N4. The Morgan fingerprint density at radius 3 is 2.79 bits per heavy atom. The molecule has 1 saturated heterocycles. The van der Waals surface area contributed by atoms with Gasteiger partial charge in [-0.2, -0.15) is 0 Å². The highest BCUT2D eigenvalue weighted by Gasteiger charge is 2.44. The number of fused-ring (bicyclic) bond motifs is 1. The molecule has 0 bridgehead atoms. The van der Waals surface area contributed by atoms with Crippen LogP contribution in [0.15, 0.2) is 24.7 Å². The molecule has 1 N–H and O–H groups in total. The van der Waals surface area contributed by atoms with E-state index in [4.69, 9.17) is 0 Å². The molecule has 4 rings (SSSR count). The van der Waals surface area contributed by atoms with E-state index in [1.807, 2.05) is 0 Å². The van der Waals surface area contributed by atoms with Crippen LogP contribution < -0.4 is 4.90 Å². The maximum atomic E-state index is 4.54. The third-order valence-corrected chi connectivity index (χ3v) is 4.53. The van der Waals surface area contributed by atoms with E-state index in [-0.39, 0.29) is 0 Å². The van der Waals surface area contributed by atoms with Crippen molar-refractivity contribution in [1.29, 1.82) is 0 Å². The summed E-state index contributed by atoms with van der Waals surface area (Å²) < 4.78 is 0. The summed E-state index contributed by atoms with van der Waals surface area (Å²) in [5.74, 6) is 1.11. The summed E-state index contributed by atoms with van der Waals surface area (Å²) in [5, 5.41) is 1.21. The molecule has 2 aromatic rings. The van der Waals surface area contributed by atoms with Crippen molar-refractivity contribution in [1.82, 2.24) is 15.0 Å². The quantitative estimate of drug-likeness (QED) is 0.838. The lowest BCUT2D eigenvalue weighted by Crippen LogP contribution is -2.55. The number of rotatable bonds is 2. The van der Waals surface area contributed by atoms with Crippen LogP contribution in [0.2, 0.25) is 0 Å². The van der Waals surface area contributed by atoms with Crippen LogP contribution in [-0.2, 0) is 6.42 Å². The number of allylic oxidation sites excluding steroid dienone is 2. The van der Waals surface area contributed by atoms with Crippen molar-refractivity contribution in [3.8, 4) is 0 Å². The van der Waals surface area contributed by atoms with Gasteiger partial charge in [-0.05, 0) is 24.8 Å². The minimum atomic E-state index is 0.500. The van der Waals surface area contributed by atoms with Gasteiger partial charge in [0.1, 0.15) is 17.8 Å². The predicted octanol–water partition coefficient (Wildman–Crippen LogP) is 2.68. The lowest BCUT2D eigenvalue weighted by atomic mass is 9.77. The minimum absolute atomic E-state index is 0.500. The van der Waals surface area contributed by atoms with Gasteiger partial charge in [-0.3, -0.25) is 0 Å². The zero-order chi connectivity index (χ0) is 12.9. The highest BCUT2D eigenvalue weighted by molar-refractivity contribution is 5.91. The number of aromatic amines is 1. The number of aromatic nitrogens is 3. The molecule has 1 aliphatic heterocycles. The molecule has 0 unspecified atom stereocenters. The zero-order valence-corrected chi connectivity index (χ0v) is 11.2. The second-order valence-corrected chi connectivity index (χ2v) is 5.82. The Hall–Kier alpha value is -1.84. The molecule has 1 fully saturated rings. The van der Waals surface area contributed by atoms with Crippen molar-refractivity contribution < 1.29 is 0 Å². The van der Waals surface area contributed by atoms with E-state index in [0.717, 1.165) is 31.0 Å². The Bertz CT molecular complexity index is 639. The fraction of sp³-hybridized carbons (Fsp3) is 0.467. The van der Waals surface area contributed by atoms with E-state index in [2.05, 4.69) is 45.1 Å². The fourth-order valence-corrected chi connectivity index (χ4v) is 3.45. The summed E-state index contributed by atoms with van der Waals surface area (Å²) in [6.45, 7) is 4.43. The van der Waals surface area contributed by atoms with Crippen molar-refractivity contribution in [2.45, 2.75) is 26.2 Å². The van der Waals surface area contributed by atoms with Crippen LogP contribution in [0.1, 0.15) is 25.3 Å². The summed E-state index contributed by atoms with van der Waals surface area (Å²) in [6.07, 6.45) is 11.8. The monoisotopic (exact) mass is 254 g/mol.